The highest BCUT2D eigenvalue weighted by Gasteiger charge is 2.11. The Balaban J connectivity index is 2.56. The standard InChI is InChI=1S/C15H25BrN2O/c1-11(2)7-13(10-18(3)4)17-9-12-5-6-15(19)14(16)8-12/h5-6,8,11,13,17,19H,7,9-10H2,1-4H3. The third-order valence-electron chi connectivity index (χ3n) is 2.95. The Labute approximate surface area is 125 Å². The normalized spacial score (nSPS) is 13.2. The van der Waals surface area contributed by atoms with Crippen LogP contribution >= 0.6 is 15.9 Å². The predicted molar refractivity (Wildman–Crippen MR) is 84.4 cm³/mol. The summed E-state index contributed by atoms with van der Waals surface area (Å²) < 4.78 is 0.750. The van der Waals surface area contributed by atoms with Crippen molar-refractivity contribution in [1.29, 1.82) is 0 Å². The molecule has 4 heteroatoms. The first-order chi connectivity index (χ1) is 8.88. The van der Waals surface area contributed by atoms with E-state index in [-0.39, 0.29) is 5.75 Å². The molecule has 1 atom stereocenters. The number of aromatic hydroxyl groups is 1. The van der Waals surface area contributed by atoms with Crippen LogP contribution in [-0.2, 0) is 6.54 Å². The van der Waals surface area contributed by atoms with Crippen LogP contribution in [0.15, 0.2) is 22.7 Å². The third-order valence-corrected chi connectivity index (χ3v) is 3.58. The molecule has 0 aliphatic carbocycles. The number of hydrogen-bond acceptors (Lipinski definition) is 3. The van der Waals surface area contributed by atoms with Crippen LogP contribution in [0.4, 0.5) is 0 Å². The van der Waals surface area contributed by atoms with E-state index in [1.807, 2.05) is 12.1 Å². The summed E-state index contributed by atoms with van der Waals surface area (Å²) in [5, 5.41) is 13.1. The summed E-state index contributed by atoms with van der Waals surface area (Å²) in [6, 6.07) is 6.13. The fourth-order valence-corrected chi connectivity index (χ4v) is 2.58. The van der Waals surface area contributed by atoms with Crippen molar-refractivity contribution in [3.63, 3.8) is 0 Å². The summed E-state index contributed by atoms with van der Waals surface area (Å²) in [5.74, 6) is 0.972. The number of phenols is 1. The van der Waals surface area contributed by atoms with Crippen LogP contribution in [0, 0.1) is 5.92 Å². The van der Waals surface area contributed by atoms with Gasteiger partial charge in [-0.25, -0.2) is 0 Å². The smallest absolute Gasteiger partial charge is 0.129 e. The highest BCUT2D eigenvalue weighted by atomic mass is 79.9. The summed E-state index contributed by atoms with van der Waals surface area (Å²) in [6.45, 7) is 6.37. The van der Waals surface area contributed by atoms with Crippen LogP contribution in [0.1, 0.15) is 25.8 Å². The first-order valence-electron chi connectivity index (χ1n) is 6.74. The van der Waals surface area contributed by atoms with E-state index in [1.165, 1.54) is 5.56 Å². The van der Waals surface area contributed by atoms with Crippen molar-refractivity contribution in [2.24, 2.45) is 5.92 Å². The van der Waals surface area contributed by atoms with E-state index in [4.69, 9.17) is 0 Å². The molecule has 0 radical (unpaired) electrons. The minimum atomic E-state index is 0.288. The van der Waals surface area contributed by atoms with Gasteiger partial charge in [0.2, 0.25) is 0 Å². The van der Waals surface area contributed by atoms with E-state index >= 15 is 0 Å². The predicted octanol–water partition coefficient (Wildman–Crippen LogP) is 3.22. The summed E-state index contributed by atoms with van der Waals surface area (Å²) in [6.07, 6.45) is 1.16. The second kappa shape index (κ2) is 7.88. The minimum absolute atomic E-state index is 0.288. The average Bonchev–Trinajstić information content (AvgIpc) is 2.29. The molecule has 0 aliphatic heterocycles. The fraction of sp³-hybridized carbons (Fsp3) is 0.600. The number of hydrogen-bond donors (Lipinski definition) is 2. The van der Waals surface area contributed by atoms with Crippen LogP contribution in [0.5, 0.6) is 5.75 Å². The second-order valence-corrected chi connectivity index (χ2v) is 6.61. The molecule has 0 aromatic heterocycles. The first-order valence-corrected chi connectivity index (χ1v) is 7.53. The lowest BCUT2D eigenvalue weighted by molar-refractivity contribution is 0.305. The van der Waals surface area contributed by atoms with E-state index in [1.54, 1.807) is 6.07 Å². The molecule has 108 valence electrons. The van der Waals surface area contributed by atoms with Crippen molar-refractivity contribution in [2.45, 2.75) is 32.9 Å². The molecule has 0 bridgehead atoms. The van der Waals surface area contributed by atoms with E-state index in [9.17, 15) is 5.11 Å². The Morgan fingerprint density at radius 2 is 2.00 bits per heavy atom. The zero-order valence-corrected chi connectivity index (χ0v) is 13.9. The molecule has 0 amide bonds. The second-order valence-electron chi connectivity index (χ2n) is 5.76. The largest absolute Gasteiger partial charge is 0.507 e. The lowest BCUT2D eigenvalue weighted by atomic mass is 10.0. The van der Waals surface area contributed by atoms with Gasteiger partial charge in [0.15, 0.2) is 0 Å². The van der Waals surface area contributed by atoms with Crippen LogP contribution in [0.25, 0.3) is 0 Å². The Bertz CT molecular complexity index is 384. The molecule has 1 unspecified atom stereocenters. The molecule has 1 aromatic carbocycles. The Kier molecular flexibility index (Phi) is 6.83. The molecule has 0 heterocycles. The van der Waals surface area contributed by atoms with Crippen LogP contribution < -0.4 is 5.32 Å². The molecule has 0 fully saturated rings. The first kappa shape index (κ1) is 16.5. The zero-order chi connectivity index (χ0) is 14.4. The maximum atomic E-state index is 9.49. The van der Waals surface area contributed by atoms with E-state index in [2.05, 4.69) is 54.1 Å². The summed E-state index contributed by atoms with van der Waals surface area (Å²) in [7, 11) is 4.21. The van der Waals surface area contributed by atoms with Gasteiger partial charge in [-0.15, -0.1) is 0 Å². The number of nitrogens with zero attached hydrogens (tertiary/aromatic N) is 1. The maximum absolute atomic E-state index is 9.49. The van der Waals surface area contributed by atoms with Gasteiger partial charge in [-0.05, 0) is 60.1 Å². The molecular formula is C15H25BrN2O. The zero-order valence-electron chi connectivity index (χ0n) is 12.3. The molecule has 1 rings (SSSR count). The van der Waals surface area contributed by atoms with Gasteiger partial charge in [-0.3, -0.25) is 0 Å². The van der Waals surface area contributed by atoms with Crippen molar-refractivity contribution in [2.75, 3.05) is 20.6 Å². The molecule has 3 nitrogen and oxygen atoms in total. The van der Waals surface area contributed by atoms with Gasteiger partial charge < -0.3 is 15.3 Å². The van der Waals surface area contributed by atoms with Gasteiger partial charge in [-0.1, -0.05) is 19.9 Å². The van der Waals surface area contributed by atoms with Crippen molar-refractivity contribution in [1.82, 2.24) is 10.2 Å². The van der Waals surface area contributed by atoms with Gasteiger partial charge in [-0.2, -0.15) is 0 Å². The van der Waals surface area contributed by atoms with Gasteiger partial charge in [0.1, 0.15) is 5.75 Å². The van der Waals surface area contributed by atoms with Crippen LogP contribution in [-0.4, -0.2) is 36.7 Å². The van der Waals surface area contributed by atoms with Gasteiger partial charge in [0, 0.05) is 19.1 Å². The number of likely N-dealkylation sites (N-methyl/N-ethyl adjacent to an activating group) is 1. The molecule has 0 saturated carbocycles. The highest BCUT2D eigenvalue weighted by molar-refractivity contribution is 9.10. The molecule has 0 aliphatic rings. The minimum Gasteiger partial charge on any atom is -0.507 e. The number of benzene rings is 1. The fourth-order valence-electron chi connectivity index (χ4n) is 2.15. The summed E-state index contributed by atoms with van der Waals surface area (Å²) in [4.78, 5) is 2.22. The van der Waals surface area contributed by atoms with Gasteiger partial charge in [0.05, 0.1) is 4.47 Å². The number of halogens is 1. The average molecular weight is 329 g/mol. The van der Waals surface area contributed by atoms with Crippen molar-refractivity contribution >= 4 is 15.9 Å². The van der Waals surface area contributed by atoms with Crippen LogP contribution in [0.3, 0.4) is 0 Å². The van der Waals surface area contributed by atoms with Crippen molar-refractivity contribution in [3.8, 4) is 5.75 Å². The lowest BCUT2D eigenvalue weighted by Gasteiger charge is -2.24. The summed E-state index contributed by atoms with van der Waals surface area (Å²) in [5.41, 5.74) is 1.18. The molecule has 2 N–H and O–H groups in total. The summed E-state index contributed by atoms with van der Waals surface area (Å²) >= 11 is 3.35. The molecule has 0 saturated heterocycles. The number of nitrogens with one attached hydrogen (secondary N) is 1. The molecule has 1 aromatic rings. The van der Waals surface area contributed by atoms with Crippen molar-refractivity contribution in [3.05, 3.63) is 28.2 Å². The Morgan fingerprint density at radius 3 is 2.53 bits per heavy atom. The highest BCUT2D eigenvalue weighted by Crippen LogP contribution is 2.24. The van der Waals surface area contributed by atoms with E-state index in [0.717, 1.165) is 24.0 Å². The topological polar surface area (TPSA) is 35.5 Å². The SMILES string of the molecule is CC(C)CC(CN(C)C)NCc1ccc(O)c(Br)c1. The molecule has 0 spiro atoms. The number of rotatable bonds is 7. The number of phenolic OH excluding ortho intramolecular Hbond substituents is 1. The monoisotopic (exact) mass is 328 g/mol. The Morgan fingerprint density at radius 1 is 1.32 bits per heavy atom. The molecular weight excluding hydrogens is 304 g/mol. The van der Waals surface area contributed by atoms with Gasteiger partial charge >= 0.3 is 0 Å². The van der Waals surface area contributed by atoms with Crippen molar-refractivity contribution < 1.29 is 5.11 Å². The van der Waals surface area contributed by atoms with Gasteiger partial charge in [0.25, 0.3) is 0 Å². The third kappa shape index (κ3) is 6.41. The van der Waals surface area contributed by atoms with E-state index in [0.29, 0.717) is 12.0 Å². The Hall–Kier alpha value is -0.580. The quantitative estimate of drug-likeness (QED) is 0.806. The molecule has 19 heavy (non-hydrogen) atoms. The lowest BCUT2D eigenvalue weighted by Crippen LogP contribution is -2.38. The van der Waals surface area contributed by atoms with Crippen LogP contribution in [0.2, 0.25) is 0 Å². The maximum Gasteiger partial charge on any atom is 0.129 e. The van der Waals surface area contributed by atoms with E-state index < -0.39 is 0 Å².